The van der Waals surface area contributed by atoms with E-state index in [-0.39, 0.29) is 49.4 Å². The molecule has 12 heteroatoms. The van der Waals surface area contributed by atoms with E-state index in [0.717, 1.165) is 17.7 Å². The van der Waals surface area contributed by atoms with Crippen LogP contribution in [0, 0.1) is 11.6 Å². The van der Waals surface area contributed by atoms with Gasteiger partial charge in [0.2, 0.25) is 22.6 Å². The average Bonchev–Trinajstić information content (AvgIpc) is 3.31. The molecule has 1 saturated heterocycles. The Hall–Kier alpha value is -2.96. The molecule has 0 aromatic heterocycles. The molecule has 188 valence electrons. The molecular weight excluding hydrogens is 484 g/mol. The van der Waals surface area contributed by atoms with Crippen LogP contribution in [-0.4, -0.2) is 82.1 Å². The highest BCUT2D eigenvalue weighted by Gasteiger charge is 2.41. The minimum atomic E-state index is -4.03. The first kappa shape index (κ1) is 23.8. The second kappa shape index (κ2) is 8.92. The van der Waals surface area contributed by atoms with Crippen LogP contribution in [0.3, 0.4) is 0 Å². The Labute approximate surface area is 201 Å². The number of ether oxygens (including phenoxy) is 3. The highest BCUT2D eigenvalue weighted by Crippen LogP contribution is 2.51. The largest absolute Gasteiger partial charge is 0.492 e. The number of rotatable bonds is 4. The lowest BCUT2D eigenvalue weighted by Crippen LogP contribution is -2.51. The van der Waals surface area contributed by atoms with Crippen molar-refractivity contribution in [3.8, 4) is 17.2 Å². The Kier molecular flexibility index (Phi) is 6.06. The second-order valence-corrected chi connectivity index (χ2v) is 10.5. The molecule has 1 amide bonds. The first-order valence-electron chi connectivity index (χ1n) is 11.2. The van der Waals surface area contributed by atoms with Gasteiger partial charge in [-0.15, -0.1) is 0 Å². The van der Waals surface area contributed by atoms with Gasteiger partial charge in [0.15, 0.2) is 11.5 Å². The zero-order chi connectivity index (χ0) is 24.9. The van der Waals surface area contributed by atoms with Crippen LogP contribution in [0.25, 0.3) is 0 Å². The van der Waals surface area contributed by atoms with Crippen LogP contribution in [0.15, 0.2) is 23.1 Å². The summed E-state index contributed by atoms with van der Waals surface area (Å²) in [7, 11) is -0.584. The summed E-state index contributed by atoms with van der Waals surface area (Å²) in [6.07, 6.45) is 0.485. The molecular formula is C23H25F2N3O6S. The van der Waals surface area contributed by atoms with Crippen LogP contribution in [-0.2, 0) is 23.0 Å². The van der Waals surface area contributed by atoms with E-state index in [0.29, 0.717) is 30.8 Å². The fourth-order valence-corrected chi connectivity index (χ4v) is 6.68. The lowest BCUT2D eigenvalue weighted by molar-refractivity contribution is 0.0687. The fraction of sp³-hybridized carbons (Fsp3) is 0.435. The minimum Gasteiger partial charge on any atom is -0.492 e. The molecule has 0 bridgehead atoms. The number of likely N-dealkylation sites (N-methyl/N-ethyl adjacent to an activating group) is 1. The Bertz CT molecular complexity index is 1270. The van der Waals surface area contributed by atoms with Crippen molar-refractivity contribution in [3.63, 3.8) is 0 Å². The molecule has 0 radical (unpaired) electrons. The summed E-state index contributed by atoms with van der Waals surface area (Å²) in [5.74, 6) is -1.83. The molecule has 0 saturated carbocycles. The molecule has 9 nitrogen and oxygen atoms in total. The second-order valence-electron chi connectivity index (χ2n) is 8.66. The van der Waals surface area contributed by atoms with E-state index < -0.39 is 33.1 Å². The van der Waals surface area contributed by atoms with E-state index in [1.807, 2.05) is 7.05 Å². The quantitative estimate of drug-likeness (QED) is 0.622. The van der Waals surface area contributed by atoms with Crippen molar-refractivity contribution in [2.75, 3.05) is 53.7 Å². The average molecular weight is 510 g/mol. The Morgan fingerprint density at radius 1 is 1.00 bits per heavy atom. The number of piperazine rings is 1. The maximum atomic E-state index is 14.1. The number of carbonyl (C=O) groups is 1. The standard InChI is InChI=1S/C23H25F2N3O6S/c1-26-7-6-14-15(12-26)19(32-2)20-21(34-13-33-20)22(14)35(30,31)28-10-8-27(9-11-28)23(29)18-16(24)4-3-5-17(18)25/h3-5H,6-13H2,1-2H3. The summed E-state index contributed by atoms with van der Waals surface area (Å²) in [5, 5.41) is 0. The Balaban J connectivity index is 1.45. The van der Waals surface area contributed by atoms with Crippen molar-refractivity contribution >= 4 is 15.9 Å². The summed E-state index contributed by atoms with van der Waals surface area (Å²) in [6, 6.07) is 3.22. The van der Waals surface area contributed by atoms with Crippen LogP contribution < -0.4 is 14.2 Å². The number of amides is 1. The van der Waals surface area contributed by atoms with Crippen molar-refractivity contribution in [2.45, 2.75) is 17.9 Å². The number of methoxy groups -OCH3 is 1. The van der Waals surface area contributed by atoms with Crippen molar-refractivity contribution in [3.05, 3.63) is 46.5 Å². The van der Waals surface area contributed by atoms with Crippen LogP contribution >= 0.6 is 0 Å². The Morgan fingerprint density at radius 3 is 2.31 bits per heavy atom. The molecule has 0 unspecified atom stereocenters. The van der Waals surface area contributed by atoms with Crippen molar-refractivity contribution in [2.24, 2.45) is 0 Å². The van der Waals surface area contributed by atoms with Gasteiger partial charge in [-0.3, -0.25) is 4.79 Å². The van der Waals surface area contributed by atoms with E-state index >= 15 is 0 Å². The summed E-state index contributed by atoms with van der Waals surface area (Å²) in [4.78, 5) is 16.1. The van der Waals surface area contributed by atoms with E-state index in [4.69, 9.17) is 14.2 Å². The van der Waals surface area contributed by atoms with Gasteiger partial charge in [0.1, 0.15) is 22.1 Å². The molecule has 2 aromatic rings. The van der Waals surface area contributed by atoms with Crippen molar-refractivity contribution < 1.29 is 36.2 Å². The van der Waals surface area contributed by atoms with E-state index in [1.54, 1.807) is 0 Å². The number of fused-ring (bicyclic) bond motifs is 2. The lowest BCUT2D eigenvalue weighted by Gasteiger charge is -2.35. The predicted octanol–water partition coefficient (Wildman–Crippen LogP) is 1.84. The van der Waals surface area contributed by atoms with Gasteiger partial charge in [-0.25, -0.2) is 17.2 Å². The summed E-state index contributed by atoms with van der Waals surface area (Å²) >= 11 is 0. The van der Waals surface area contributed by atoms with Gasteiger partial charge in [0.25, 0.3) is 5.91 Å². The third-order valence-corrected chi connectivity index (χ3v) is 8.61. The number of hydrogen-bond donors (Lipinski definition) is 0. The van der Waals surface area contributed by atoms with Gasteiger partial charge in [0.05, 0.1) is 7.11 Å². The van der Waals surface area contributed by atoms with Gasteiger partial charge < -0.3 is 24.0 Å². The van der Waals surface area contributed by atoms with Gasteiger partial charge in [-0.2, -0.15) is 4.31 Å². The number of hydrogen-bond acceptors (Lipinski definition) is 7. The molecule has 3 heterocycles. The number of halogens is 2. The number of sulfonamides is 1. The lowest BCUT2D eigenvalue weighted by atomic mass is 9.97. The summed E-state index contributed by atoms with van der Waals surface area (Å²) in [5.41, 5.74) is 0.740. The monoisotopic (exact) mass is 509 g/mol. The third-order valence-electron chi connectivity index (χ3n) is 6.61. The topological polar surface area (TPSA) is 88.6 Å². The van der Waals surface area contributed by atoms with Gasteiger partial charge in [-0.1, -0.05) is 6.07 Å². The van der Waals surface area contributed by atoms with Gasteiger partial charge in [-0.05, 0) is 31.2 Å². The van der Waals surface area contributed by atoms with Gasteiger partial charge in [0, 0.05) is 44.8 Å². The number of benzene rings is 2. The normalized spacial score (nSPS) is 18.5. The highest BCUT2D eigenvalue weighted by atomic mass is 32.2. The van der Waals surface area contributed by atoms with E-state index in [9.17, 15) is 22.0 Å². The van der Waals surface area contributed by atoms with Crippen molar-refractivity contribution in [1.29, 1.82) is 0 Å². The molecule has 1 fully saturated rings. The molecule has 35 heavy (non-hydrogen) atoms. The van der Waals surface area contributed by atoms with E-state index in [2.05, 4.69) is 4.90 Å². The molecule has 3 aliphatic heterocycles. The fourth-order valence-electron chi connectivity index (χ4n) is 4.86. The smallest absolute Gasteiger partial charge is 0.259 e. The van der Waals surface area contributed by atoms with Crippen molar-refractivity contribution in [1.82, 2.24) is 14.1 Å². The maximum Gasteiger partial charge on any atom is 0.259 e. The molecule has 0 atom stereocenters. The van der Waals surface area contributed by atoms with Gasteiger partial charge >= 0.3 is 0 Å². The van der Waals surface area contributed by atoms with Crippen LogP contribution in [0.2, 0.25) is 0 Å². The first-order chi connectivity index (χ1) is 16.7. The zero-order valence-corrected chi connectivity index (χ0v) is 20.2. The summed E-state index contributed by atoms with van der Waals surface area (Å²) < 4.78 is 74.0. The first-order valence-corrected chi connectivity index (χ1v) is 12.6. The minimum absolute atomic E-state index is 0.00747. The number of nitrogens with zero attached hydrogens (tertiary/aromatic N) is 3. The van der Waals surface area contributed by atoms with E-state index in [1.165, 1.54) is 22.4 Å². The third kappa shape index (κ3) is 3.89. The molecule has 0 aliphatic carbocycles. The number of carbonyl (C=O) groups excluding carboxylic acids is 1. The molecule has 3 aliphatic rings. The molecule has 0 N–H and O–H groups in total. The molecule has 2 aromatic carbocycles. The predicted molar refractivity (Wildman–Crippen MR) is 120 cm³/mol. The highest BCUT2D eigenvalue weighted by molar-refractivity contribution is 7.89. The van der Waals surface area contributed by atoms with Crippen LogP contribution in [0.1, 0.15) is 21.5 Å². The molecule has 0 spiro atoms. The van der Waals surface area contributed by atoms with Crippen LogP contribution in [0.4, 0.5) is 8.78 Å². The Morgan fingerprint density at radius 2 is 1.66 bits per heavy atom. The maximum absolute atomic E-state index is 14.1. The zero-order valence-electron chi connectivity index (χ0n) is 19.3. The van der Waals surface area contributed by atoms with Crippen LogP contribution in [0.5, 0.6) is 17.2 Å². The SMILES string of the molecule is COc1c2c(c(S(=O)(=O)N3CCN(C(=O)c4c(F)cccc4F)CC3)c3c1OCO3)CCN(C)C2. The molecule has 5 rings (SSSR count). The summed E-state index contributed by atoms with van der Waals surface area (Å²) in [6.45, 7) is 0.965.